The molecule has 4 rings (SSSR count). The van der Waals surface area contributed by atoms with Crippen LogP contribution in [0.25, 0.3) is 22.0 Å². The molecule has 4 aromatic rings. The lowest BCUT2D eigenvalue weighted by atomic mass is 10.0. The molecule has 0 saturated carbocycles. The SMILES string of the molecule is CC(C)(C(=O)NCCOc1ccc(-c2cccs2)nn1)n1nc(-c2ccco2)ccc1=O. The summed E-state index contributed by atoms with van der Waals surface area (Å²) >= 11 is 1.58. The number of carbonyl (C=O) groups is 1. The van der Waals surface area contributed by atoms with Crippen LogP contribution in [0.2, 0.25) is 0 Å². The molecule has 9 nitrogen and oxygen atoms in total. The van der Waals surface area contributed by atoms with Gasteiger partial charge in [-0.25, -0.2) is 4.68 Å². The summed E-state index contributed by atoms with van der Waals surface area (Å²) in [6, 6.07) is 13.9. The molecule has 0 aromatic carbocycles. The van der Waals surface area contributed by atoms with E-state index in [0.29, 0.717) is 17.3 Å². The highest BCUT2D eigenvalue weighted by Gasteiger charge is 2.32. The van der Waals surface area contributed by atoms with Gasteiger partial charge in [0.25, 0.3) is 5.56 Å². The number of carbonyl (C=O) groups excluding carboxylic acids is 1. The van der Waals surface area contributed by atoms with Crippen LogP contribution in [0.1, 0.15) is 13.8 Å². The molecule has 1 N–H and O–H groups in total. The first-order valence-corrected chi connectivity index (χ1v) is 10.8. The number of amides is 1. The number of ether oxygens (including phenoxy) is 1. The Bertz CT molecular complexity index is 1230. The maximum Gasteiger partial charge on any atom is 0.267 e. The monoisotopic (exact) mass is 451 g/mol. The highest BCUT2D eigenvalue weighted by atomic mass is 32.1. The van der Waals surface area contributed by atoms with Crippen molar-refractivity contribution in [1.82, 2.24) is 25.3 Å². The summed E-state index contributed by atoms with van der Waals surface area (Å²) in [5, 5.41) is 17.3. The van der Waals surface area contributed by atoms with Crippen LogP contribution in [0.3, 0.4) is 0 Å². The fraction of sp³-hybridized carbons (Fsp3) is 0.227. The summed E-state index contributed by atoms with van der Waals surface area (Å²) in [7, 11) is 0. The van der Waals surface area contributed by atoms with Gasteiger partial charge in [-0.15, -0.1) is 21.5 Å². The first-order valence-electron chi connectivity index (χ1n) is 9.88. The molecule has 164 valence electrons. The van der Waals surface area contributed by atoms with Crippen molar-refractivity contribution in [1.29, 1.82) is 0 Å². The van der Waals surface area contributed by atoms with Crippen molar-refractivity contribution in [3.8, 4) is 27.9 Å². The standard InChI is InChI=1S/C22H21N5O4S/c1-22(2,27-20(28)10-8-15(26-27)17-5-3-12-30-17)21(29)23-11-13-31-19-9-7-16(24-25-19)18-6-4-14-32-18/h3-10,12,14H,11,13H2,1-2H3,(H,23,29). The lowest BCUT2D eigenvalue weighted by Crippen LogP contribution is -2.50. The quantitative estimate of drug-likeness (QED) is 0.410. The third-order valence-electron chi connectivity index (χ3n) is 4.71. The van der Waals surface area contributed by atoms with E-state index in [4.69, 9.17) is 9.15 Å². The zero-order valence-electron chi connectivity index (χ0n) is 17.5. The van der Waals surface area contributed by atoms with Crippen LogP contribution >= 0.6 is 11.3 Å². The van der Waals surface area contributed by atoms with E-state index in [1.807, 2.05) is 23.6 Å². The molecule has 0 aliphatic rings. The summed E-state index contributed by atoms with van der Waals surface area (Å²) in [6.07, 6.45) is 1.52. The Morgan fingerprint density at radius 3 is 2.66 bits per heavy atom. The van der Waals surface area contributed by atoms with Gasteiger partial charge in [-0.1, -0.05) is 6.07 Å². The number of furan rings is 1. The molecule has 0 bridgehead atoms. The molecule has 0 aliphatic carbocycles. The zero-order chi connectivity index (χ0) is 22.6. The minimum absolute atomic E-state index is 0.198. The van der Waals surface area contributed by atoms with Crippen LogP contribution in [0.15, 0.2) is 69.4 Å². The molecular formula is C22H21N5O4S. The Labute approximate surface area is 187 Å². The molecule has 0 unspecified atom stereocenters. The predicted octanol–water partition coefficient (Wildman–Crippen LogP) is 2.95. The van der Waals surface area contributed by atoms with Crippen molar-refractivity contribution in [2.45, 2.75) is 19.4 Å². The van der Waals surface area contributed by atoms with Crippen molar-refractivity contribution in [3.63, 3.8) is 0 Å². The average molecular weight is 452 g/mol. The molecule has 4 heterocycles. The lowest BCUT2D eigenvalue weighted by molar-refractivity contribution is -0.129. The zero-order valence-corrected chi connectivity index (χ0v) is 18.3. The molecule has 0 saturated heterocycles. The predicted molar refractivity (Wildman–Crippen MR) is 119 cm³/mol. The molecule has 32 heavy (non-hydrogen) atoms. The van der Waals surface area contributed by atoms with Gasteiger partial charge in [0.1, 0.15) is 23.5 Å². The number of nitrogens with zero attached hydrogens (tertiary/aromatic N) is 4. The molecule has 0 radical (unpaired) electrons. The van der Waals surface area contributed by atoms with E-state index in [1.165, 1.54) is 12.3 Å². The molecule has 1 amide bonds. The molecule has 10 heteroatoms. The molecule has 0 spiro atoms. The van der Waals surface area contributed by atoms with E-state index in [-0.39, 0.29) is 19.1 Å². The smallest absolute Gasteiger partial charge is 0.267 e. The summed E-state index contributed by atoms with van der Waals surface area (Å²) in [5.74, 6) is 0.504. The number of hydrogen-bond acceptors (Lipinski definition) is 8. The topological polar surface area (TPSA) is 112 Å². The molecule has 0 fully saturated rings. The maximum atomic E-state index is 12.8. The normalized spacial score (nSPS) is 11.3. The second-order valence-corrected chi connectivity index (χ2v) is 8.29. The van der Waals surface area contributed by atoms with Crippen LogP contribution < -0.4 is 15.6 Å². The average Bonchev–Trinajstić information content (AvgIpc) is 3.52. The van der Waals surface area contributed by atoms with Crippen LogP contribution in [0.4, 0.5) is 0 Å². The Balaban J connectivity index is 1.34. The fourth-order valence-electron chi connectivity index (χ4n) is 2.95. The number of nitrogens with one attached hydrogen (secondary N) is 1. The number of aromatic nitrogens is 4. The van der Waals surface area contributed by atoms with Gasteiger partial charge >= 0.3 is 0 Å². The van der Waals surface area contributed by atoms with Crippen LogP contribution in [0.5, 0.6) is 5.88 Å². The number of hydrogen-bond donors (Lipinski definition) is 1. The van der Waals surface area contributed by atoms with E-state index in [2.05, 4.69) is 20.6 Å². The van der Waals surface area contributed by atoms with Crippen LogP contribution in [-0.2, 0) is 10.3 Å². The lowest BCUT2D eigenvalue weighted by Gasteiger charge is -2.25. The van der Waals surface area contributed by atoms with Crippen molar-refractivity contribution in [2.24, 2.45) is 0 Å². The molecule has 0 aliphatic heterocycles. The Morgan fingerprint density at radius 1 is 1.12 bits per heavy atom. The van der Waals surface area contributed by atoms with Gasteiger partial charge in [0, 0.05) is 12.1 Å². The van der Waals surface area contributed by atoms with Gasteiger partial charge in [0.15, 0.2) is 5.76 Å². The first-order chi connectivity index (χ1) is 15.4. The van der Waals surface area contributed by atoms with Crippen molar-refractivity contribution in [2.75, 3.05) is 13.2 Å². The minimum atomic E-state index is -1.22. The molecular weight excluding hydrogens is 430 g/mol. The third-order valence-corrected chi connectivity index (χ3v) is 5.60. The first kappa shape index (κ1) is 21.4. The number of thiophene rings is 1. The van der Waals surface area contributed by atoms with Crippen LogP contribution in [0, 0.1) is 0 Å². The Kier molecular flexibility index (Phi) is 6.13. The van der Waals surface area contributed by atoms with Crippen molar-refractivity contribution in [3.05, 3.63) is 70.5 Å². The summed E-state index contributed by atoms with van der Waals surface area (Å²) in [5.41, 5.74) is -0.375. The van der Waals surface area contributed by atoms with E-state index >= 15 is 0 Å². The fourth-order valence-corrected chi connectivity index (χ4v) is 3.64. The van der Waals surface area contributed by atoms with Gasteiger partial charge in [0.2, 0.25) is 11.8 Å². The Morgan fingerprint density at radius 2 is 1.97 bits per heavy atom. The van der Waals surface area contributed by atoms with E-state index in [0.717, 1.165) is 15.3 Å². The Hall–Kier alpha value is -3.79. The van der Waals surface area contributed by atoms with Gasteiger partial charge < -0.3 is 14.5 Å². The van der Waals surface area contributed by atoms with E-state index in [1.54, 1.807) is 49.4 Å². The highest BCUT2D eigenvalue weighted by Crippen LogP contribution is 2.22. The summed E-state index contributed by atoms with van der Waals surface area (Å²) in [6.45, 7) is 3.67. The van der Waals surface area contributed by atoms with Gasteiger partial charge in [-0.05, 0) is 49.6 Å². The van der Waals surface area contributed by atoms with Crippen LogP contribution in [-0.4, -0.2) is 39.0 Å². The van der Waals surface area contributed by atoms with Gasteiger partial charge in [-0.3, -0.25) is 9.59 Å². The largest absolute Gasteiger partial charge is 0.475 e. The second-order valence-electron chi connectivity index (χ2n) is 7.34. The molecule has 0 atom stereocenters. The van der Waals surface area contributed by atoms with Crippen molar-refractivity contribution < 1.29 is 13.9 Å². The second kappa shape index (κ2) is 9.15. The van der Waals surface area contributed by atoms with Gasteiger partial charge in [-0.2, -0.15) is 5.10 Å². The van der Waals surface area contributed by atoms with E-state index < -0.39 is 11.1 Å². The summed E-state index contributed by atoms with van der Waals surface area (Å²) in [4.78, 5) is 26.2. The minimum Gasteiger partial charge on any atom is -0.475 e. The maximum absolute atomic E-state index is 12.8. The number of rotatable bonds is 8. The summed E-state index contributed by atoms with van der Waals surface area (Å²) < 4.78 is 12.0. The molecule has 4 aromatic heterocycles. The van der Waals surface area contributed by atoms with Crippen molar-refractivity contribution >= 4 is 17.2 Å². The highest BCUT2D eigenvalue weighted by molar-refractivity contribution is 7.13. The third kappa shape index (κ3) is 4.59. The van der Waals surface area contributed by atoms with E-state index in [9.17, 15) is 9.59 Å². The van der Waals surface area contributed by atoms with Gasteiger partial charge in [0.05, 0.1) is 17.7 Å².